The number of aliphatic carboxylic acids is 1. The monoisotopic (exact) mass is 375 g/mol. The van der Waals surface area contributed by atoms with Crippen molar-refractivity contribution < 1.29 is 28.6 Å². The first-order valence-electron chi connectivity index (χ1n) is 8.35. The molecule has 2 N–H and O–H groups in total. The van der Waals surface area contributed by atoms with Gasteiger partial charge in [-0.05, 0) is 35.2 Å². The van der Waals surface area contributed by atoms with Gasteiger partial charge in [0.2, 0.25) is 5.91 Å². The highest BCUT2D eigenvalue weighted by atomic mass is 19.1. The number of carbonyl (C=O) groups is 2. The van der Waals surface area contributed by atoms with Crippen molar-refractivity contribution in [1.82, 2.24) is 5.32 Å². The maximum atomic E-state index is 13.9. The fourth-order valence-electron chi connectivity index (χ4n) is 2.83. The van der Waals surface area contributed by atoms with E-state index in [0.717, 1.165) is 11.6 Å². The number of para-hydroxylation sites is 1. The van der Waals surface area contributed by atoms with Crippen LogP contribution in [0.25, 0.3) is 0 Å². The van der Waals surface area contributed by atoms with Crippen molar-refractivity contribution in [3.63, 3.8) is 0 Å². The molecule has 0 saturated carbocycles. The standard InChI is InChI=1S/C20H22FNO5/c1-12(14-6-4-5-7-16(14)26-2)10-18(23)22-19(20(24)25)13-8-9-17(27-3)15(21)11-13/h4-9,11-12,19H,10H2,1-3H3,(H,22,23)(H,24,25). The van der Waals surface area contributed by atoms with Crippen molar-refractivity contribution in [2.24, 2.45) is 0 Å². The zero-order chi connectivity index (χ0) is 20.0. The van der Waals surface area contributed by atoms with Crippen LogP contribution in [-0.4, -0.2) is 31.2 Å². The van der Waals surface area contributed by atoms with Crippen molar-refractivity contribution in [2.75, 3.05) is 14.2 Å². The van der Waals surface area contributed by atoms with E-state index in [0.29, 0.717) is 5.75 Å². The van der Waals surface area contributed by atoms with E-state index in [-0.39, 0.29) is 23.7 Å². The average molecular weight is 375 g/mol. The summed E-state index contributed by atoms with van der Waals surface area (Å²) in [6, 6.07) is 9.73. The average Bonchev–Trinajstić information content (AvgIpc) is 2.65. The molecule has 6 nitrogen and oxygen atoms in total. The second kappa shape index (κ2) is 9.02. The third-order valence-electron chi connectivity index (χ3n) is 4.22. The molecule has 2 rings (SSSR count). The number of hydrogen-bond donors (Lipinski definition) is 2. The molecule has 2 atom stereocenters. The van der Waals surface area contributed by atoms with E-state index < -0.39 is 23.7 Å². The SMILES string of the molecule is COc1ccc(C(NC(=O)CC(C)c2ccccc2OC)C(=O)O)cc1F. The van der Waals surface area contributed by atoms with Crippen LogP contribution in [0.15, 0.2) is 42.5 Å². The van der Waals surface area contributed by atoms with E-state index >= 15 is 0 Å². The minimum absolute atomic E-state index is 0.000917. The van der Waals surface area contributed by atoms with Crippen LogP contribution in [0, 0.1) is 5.82 Å². The fourth-order valence-corrected chi connectivity index (χ4v) is 2.83. The molecule has 0 aliphatic heterocycles. The highest BCUT2D eigenvalue weighted by Gasteiger charge is 2.25. The van der Waals surface area contributed by atoms with Crippen LogP contribution in [0.1, 0.15) is 36.4 Å². The van der Waals surface area contributed by atoms with Crippen molar-refractivity contribution in [1.29, 1.82) is 0 Å². The van der Waals surface area contributed by atoms with Gasteiger partial charge in [-0.15, -0.1) is 0 Å². The quantitative estimate of drug-likeness (QED) is 0.740. The number of amides is 1. The number of carboxylic acid groups (broad SMARTS) is 1. The fraction of sp³-hybridized carbons (Fsp3) is 0.300. The maximum Gasteiger partial charge on any atom is 0.330 e. The third-order valence-corrected chi connectivity index (χ3v) is 4.22. The summed E-state index contributed by atoms with van der Waals surface area (Å²) in [6.45, 7) is 1.85. The molecular formula is C20H22FNO5. The van der Waals surface area contributed by atoms with E-state index in [9.17, 15) is 19.1 Å². The summed E-state index contributed by atoms with van der Waals surface area (Å²) in [4.78, 5) is 24.0. The Morgan fingerprint density at radius 2 is 1.78 bits per heavy atom. The second-order valence-electron chi connectivity index (χ2n) is 6.08. The zero-order valence-corrected chi connectivity index (χ0v) is 15.4. The summed E-state index contributed by atoms with van der Waals surface area (Å²) in [5.74, 6) is -1.97. The lowest BCUT2D eigenvalue weighted by Gasteiger charge is -2.19. The molecule has 0 spiro atoms. The number of methoxy groups -OCH3 is 2. The van der Waals surface area contributed by atoms with Gasteiger partial charge < -0.3 is 19.9 Å². The van der Waals surface area contributed by atoms with Gasteiger partial charge in [0.25, 0.3) is 0 Å². The van der Waals surface area contributed by atoms with Gasteiger partial charge in [-0.2, -0.15) is 0 Å². The molecule has 0 bridgehead atoms. The van der Waals surface area contributed by atoms with Gasteiger partial charge in [0.15, 0.2) is 17.6 Å². The number of hydrogen-bond acceptors (Lipinski definition) is 4. The smallest absolute Gasteiger partial charge is 0.330 e. The van der Waals surface area contributed by atoms with Crippen LogP contribution >= 0.6 is 0 Å². The molecule has 0 saturated heterocycles. The molecular weight excluding hydrogens is 353 g/mol. The van der Waals surface area contributed by atoms with E-state index in [1.807, 2.05) is 25.1 Å². The normalized spacial score (nSPS) is 12.7. The van der Waals surface area contributed by atoms with Gasteiger partial charge in [0, 0.05) is 6.42 Å². The highest BCUT2D eigenvalue weighted by molar-refractivity contribution is 5.85. The molecule has 0 aliphatic rings. The van der Waals surface area contributed by atoms with Gasteiger partial charge in [-0.1, -0.05) is 31.2 Å². The van der Waals surface area contributed by atoms with Crippen LogP contribution in [0.3, 0.4) is 0 Å². The van der Waals surface area contributed by atoms with E-state index in [2.05, 4.69) is 5.32 Å². The number of nitrogens with one attached hydrogen (secondary N) is 1. The lowest BCUT2D eigenvalue weighted by atomic mass is 9.96. The molecule has 2 aromatic carbocycles. The van der Waals surface area contributed by atoms with Crippen LogP contribution < -0.4 is 14.8 Å². The van der Waals surface area contributed by atoms with Crippen molar-refractivity contribution in [3.05, 3.63) is 59.4 Å². The molecule has 7 heteroatoms. The summed E-state index contributed by atoms with van der Waals surface area (Å²) in [5, 5.41) is 11.9. The summed E-state index contributed by atoms with van der Waals surface area (Å²) in [6.07, 6.45) is 0.0583. The Labute approximate surface area is 156 Å². The molecule has 0 aromatic heterocycles. The Morgan fingerprint density at radius 1 is 1.11 bits per heavy atom. The maximum absolute atomic E-state index is 13.9. The summed E-state index contributed by atoms with van der Waals surface area (Å²) < 4.78 is 24.0. The molecule has 2 aromatic rings. The second-order valence-corrected chi connectivity index (χ2v) is 6.08. The number of ether oxygens (including phenoxy) is 2. The Bertz CT molecular complexity index is 824. The molecule has 1 amide bonds. The third kappa shape index (κ3) is 4.97. The Morgan fingerprint density at radius 3 is 2.37 bits per heavy atom. The Balaban J connectivity index is 2.13. The molecule has 0 fully saturated rings. The van der Waals surface area contributed by atoms with Crippen molar-refractivity contribution in [3.8, 4) is 11.5 Å². The molecule has 27 heavy (non-hydrogen) atoms. The Hall–Kier alpha value is -3.09. The largest absolute Gasteiger partial charge is 0.496 e. The van der Waals surface area contributed by atoms with Gasteiger partial charge >= 0.3 is 5.97 Å². The van der Waals surface area contributed by atoms with Gasteiger partial charge in [-0.3, -0.25) is 4.79 Å². The predicted molar refractivity (Wildman–Crippen MR) is 97.5 cm³/mol. The van der Waals surface area contributed by atoms with Gasteiger partial charge in [0.05, 0.1) is 14.2 Å². The number of carboxylic acids is 1. The first-order chi connectivity index (χ1) is 12.9. The highest BCUT2D eigenvalue weighted by Crippen LogP contribution is 2.29. The molecule has 144 valence electrons. The lowest BCUT2D eigenvalue weighted by Crippen LogP contribution is -2.34. The minimum atomic E-state index is -1.36. The molecule has 0 heterocycles. The van der Waals surface area contributed by atoms with E-state index in [1.54, 1.807) is 13.2 Å². The lowest BCUT2D eigenvalue weighted by molar-refractivity contribution is -0.142. The summed E-state index contributed by atoms with van der Waals surface area (Å²) >= 11 is 0. The summed E-state index contributed by atoms with van der Waals surface area (Å²) in [5.41, 5.74) is 0.969. The van der Waals surface area contributed by atoms with Gasteiger partial charge in [0.1, 0.15) is 5.75 Å². The van der Waals surface area contributed by atoms with Crippen LogP contribution in [0.2, 0.25) is 0 Å². The molecule has 0 radical (unpaired) electrons. The van der Waals surface area contributed by atoms with E-state index in [4.69, 9.17) is 9.47 Å². The first kappa shape index (κ1) is 20.2. The van der Waals surface area contributed by atoms with Crippen molar-refractivity contribution in [2.45, 2.75) is 25.3 Å². The number of rotatable bonds is 8. The van der Waals surface area contributed by atoms with Crippen LogP contribution in [0.5, 0.6) is 11.5 Å². The Kier molecular flexibility index (Phi) is 6.76. The zero-order valence-electron chi connectivity index (χ0n) is 15.4. The van der Waals surface area contributed by atoms with Crippen molar-refractivity contribution >= 4 is 11.9 Å². The van der Waals surface area contributed by atoms with Crippen LogP contribution in [0.4, 0.5) is 4.39 Å². The number of benzene rings is 2. The number of halogens is 1. The van der Waals surface area contributed by atoms with E-state index in [1.165, 1.54) is 19.2 Å². The van der Waals surface area contributed by atoms with Crippen LogP contribution in [-0.2, 0) is 9.59 Å². The predicted octanol–water partition coefficient (Wildman–Crippen LogP) is 3.28. The minimum Gasteiger partial charge on any atom is -0.496 e. The number of carbonyl (C=O) groups excluding carboxylic acids is 1. The van der Waals surface area contributed by atoms with Gasteiger partial charge in [-0.25, -0.2) is 9.18 Å². The topological polar surface area (TPSA) is 84.9 Å². The summed E-state index contributed by atoms with van der Waals surface area (Å²) in [7, 11) is 2.86. The molecule has 2 unspecified atom stereocenters. The first-order valence-corrected chi connectivity index (χ1v) is 8.35. The molecule has 0 aliphatic carbocycles.